The van der Waals surface area contributed by atoms with Crippen molar-refractivity contribution < 1.29 is 4.79 Å². The molecule has 0 aromatic carbocycles. The maximum Gasteiger partial charge on any atom is 0.239 e. The minimum absolute atomic E-state index is 0.0168. The Morgan fingerprint density at radius 3 is 2.64 bits per heavy atom. The number of pyridine rings is 1. The Labute approximate surface area is 170 Å². The third-order valence-corrected chi connectivity index (χ3v) is 6.86. The van der Waals surface area contributed by atoms with Gasteiger partial charge in [-0.3, -0.25) is 4.79 Å². The average Bonchev–Trinajstić information content (AvgIpc) is 2.73. The van der Waals surface area contributed by atoms with Gasteiger partial charge in [0.1, 0.15) is 5.82 Å². The number of hydrogen-bond donors (Lipinski definition) is 3. The Morgan fingerprint density at radius 2 is 1.93 bits per heavy atom. The SMILES string of the molecule is CNC(=O)[C@@](N)(CCC1CCCCC1)C[C@H]1CCCC(Nc2ccccn2)C1. The number of rotatable bonds is 8. The second kappa shape index (κ2) is 10.2. The van der Waals surface area contributed by atoms with E-state index >= 15 is 0 Å². The van der Waals surface area contributed by atoms with Crippen molar-refractivity contribution in [3.8, 4) is 0 Å². The van der Waals surface area contributed by atoms with Crippen LogP contribution in [-0.4, -0.2) is 29.5 Å². The van der Waals surface area contributed by atoms with E-state index in [1.165, 1.54) is 44.9 Å². The number of hydrogen-bond acceptors (Lipinski definition) is 4. The standard InChI is InChI=1S/C23H38N4O/c1-25-22(28)23(24,14-13-18-8-3-2-4-9-18)17-19-10-7-11-20(16-19)27-21-12-5-6-15-26-21/h5-6,12,15,18-20H,2-4,7-11,13-14,16-17,24H2,1H3,(H,25,28)(H,26,27)/t19-,20?,23+/m0/s1. The lowest BCUT2D eigenvalue weighted by atomic mass is 9.74. The number of anilines is 1. The highest BCUT2D eigenvalue weighted by molar-refractivity contribution is 5.85. The van der Waals surface area contributed by atoms with Crippen LogP contribution in [0.1, 0.15) is 77.0 Å². The molecule has 1 heterocycles. The first-order valence-electron chi connectivity index (χ1n) is 11.3. The maximum atomic E-state index is 12.7. The number of nitrogens with one attached hydrogen (secondary N) is 2. The molecule has 0 saturated heterocycles. The van der Waals surface area contributed by atoms with Gasteiger partial charge in [-0.1, -0.05) is 51.0 Å². The van der Waals surface area contributed by atoms with Gasteiger partial charge in [-0.2, -0.15) is 0 Å². The topological polar surface area (TPSA) is 80.0 Å². The van der Waals surface area contributed by atoms with Crippen LogP contribution in [0.25, 0.3) is 0 Å². The Hall–Kier alpha value is -1.62. The summed E-state index contributed by atoms with van der Waals surface area (Å²) in [6.45, 7) is 0. The van der Waals surface area contributed by atoms with Gasteiger partial charge in [0.2, 0.25) is 5.91 Å². The van der Waals surface area contributed by atoms with Crippen molar-refractivity contribution in [2.75, 3.05) is 12.4 Å². The Balaban J connectivity index is 1.57. The van der Waals surface area contributed by atoms with Gasteiger partial charge in [0, 0.05) is 19.3 Å². The molecule has 28 heavy (non-hydrogen) atoms. The first-order chi connectivity index (χ1) is 13.6. The molecule has 1 aromatic heterocycles. The zero-order valence-electron chi connectivity index (χ0n) is 17.5. The molecule has 0 aliphatic heterocycles. The molecule has 0 spiro atoms. The summed E-state index contributed by atoms with van der Waals surface area (Å²) < 4.78 is 0. The van der Waals surface area contributed by atoms with E-state index < -0.39 is 5.54 Å². The highest BCUT2D eigenvalue weighted by Crippen LogP contribution is 2.35. The summed E-state index contributed by atoms with van der Waals surface area (Å²) in [5, 5.41) is 6.42. The molecule has 5 nitrogen and oxygen atoms in total. The van der Waals surface area contributed by atoms with Crippen molar-refractivity contribution in [2.45, 2.75) is 88.6 Å². The van der Waals surface area contributed by atoms with Gasteiger partial charge in [0.25, 0.3) is 0 Å². The second-order valence-corrected chi connectivity index (χ2v) is 9.07. The summed E-state index contributed by atoms with van der Waals surface area (Å²) >= 11 is 0. The van der Waals surface area contributed by atoms with E-state index in [0.29, 0.717) is 12.0 Å². The quantitative estimate of drug-likeness (QED) is 0.624. The third-order valence-electron chi connectivity index (χ3n) is 6.86. The molecule has 2 aliphatic carbocycles. The van der Waals surface area contributed by atoms with Gasteiger partial charge in [-0.05, 0) is 56.1 Å². The predicted molar refractivity (Wildman–Crippen MR) is 115 cm³/mol. The second-order valence-electron chi connectivity index (χ2n) is 9.07. The molecular formula is C23H38N4O. The summed E-state index contributed by atoms with van der Waals surface area (Å²) in [6, 6.07) is 6.39. The molecule has 4 N–H and O–H groups in total. The highest BCUT2D eigenvalue weighted by atomic mass is 16.2. The monoisotopic (exact) mass is 386 g/mol. The summed E-state index contributed by atoms with van der Waals surface area (Å²) in [4.78, 5) is 17.1. The van der Waals surface area contributed by atoms with Gasteiger partial charge in [-0.25, -0.2) is 4.98 Å². The first-order valence-corrected chi connectivity index (χ1v) is 11.3. The van der Waals surface area contributed by atoms with Crippen LogP contribution >= 0.6 is 0 Å². The van der Waals surface area contributed by atoms with Crippen LogP contribution in [0.3, 0.4) is 0 Å². The van der Waals surface area contributed by atoms with Crippen LogP contribution in [0.5, 0.6) is 0 Å². The third kappa shape index (κ3) is 5.94. The van der Waals surface area contributed by atoms with Gasteiger partial charge in [0.15, 0.2) is 0 Å². The summed E-state index contributed by atoms with van der Waals surface area (Å²) in [7, 11) is 1.72. The van der Waals surface area contributed by atoms with Gasteiger partial charge >= 0.3 is 0 Å². The summed E-state index contributed by atoms with van der Waals surface area (Å²) in [6.07, 6.45) is 15.8. The van der Waals surface area contributed by atoms with Crippen molar-refractivity contribution in [3.63, 3.8) is 0 Å². The molecule has 2 saturated carbocycles. The Kier molecular flexibility index (Phi) is 7.72. The molecule has 3 atom stereocenters. The molecule has 3 rings (SSSR count). The Bertz CT molecular complexity index is 602. The van der Waals surface area contributed by atoms with Crippen molar-refractivity contribution in [1.29, 1.82) is 0 Å². The number of nitrogens with two attached hydrogens (primary N) is 1. The number of carbonyl (C=O) groups is 1. The molecule has 5 heteroatoms. The fourth-order valence-electron chi connectivity index (χ4n) is 5.27. The fourth-order valence-corrected chi connectivity index (χ4v) is 5.27. The smallest absolute Gasteiger partial charge is 0.239 e. The van der Waals surface area contributed by atoms with Crippen LogP contribution in [0.2, 0.25) is 0 Å². The summed E-state index contributed by atoms with van der Waals surface area (Å²) in [5.74, 6) is 2.20. The van der Waals surface area contributed by atoms with Gasteiger partial charge in [-0.15, -0.1) is 0 Å². The minimum atomic E-state index is -0.732. The minimum Gasteiger partial charge on any atom is -0.367 e. The summed E-state index contributed by atoms with van der Waals surface area (Å²) in [5.41, 5.74) is 6.02. The largest absolute Gasteiger partial charge is 0.367 e. The molecule has 0 bridgehead atoms. The molecule has 1 unspecified atom stereocenters. The van der Waals surface area contributed by atoms with Crippen molar-refractivity contribution >= 4 is 11.7 Å². The van der Waals surface area contributed by atoms with Crippen LogP contribution in [0.4, 0.5) is 5.82 Å². The van der Waals surface area contributed by atoms with Gasteiger partial charge in [0.05, 0.1) is 5.54 Å². The number of aromatic nitrogens is 1. The zero-order valence-corrected chi connectivity index (χ0v) is 17.5. The molecule has 2 fully saturated rings. The lowest BCUT2D eigenvalue weighted by Crippen LogP contribution is -2.54. The van der Waals surface area contributed by atoms with Crippen LogP contribution in [-0.2, 0) is 4.79 Å². The van der Waals surface area contributed by atoms with E-state index in [1.807, 2.05) is 24.4 Å². The fraction of sp³-hybridized carbons (Fsp3) is 0.739. The van der Waals surface area contributed by atoms with E-state index in [-0.39, 0.29) is 5.91 Å². The first kappa shape index (κ1) is 21.1. The highest BCUT2D eigenvalue weighted by Gasteiger charge is 2.37. The average molecular weight is 387 g/mol. The normalized spacial score (nSPS) is 25.6. The molecule has 1 aromatic rings. The van der Waals surface area contributed by atoms with Crippen LogP contribution in [0, 0.1) is 11.8 Å². The molecular weight excluding hydrogens is 348 g/mol. The molecule has 2 aliphatic rings. The molecule has 0 radical (unpaired) electrons. The molecule has 1 amide bonds. The maximum absolute atomic E-state index is 12.7. The van der Waals surface area contributed by atoms with Gasteiger partial charge < -0.3 is 16.4 Å². The van der Waals surface area contributed by atoms with E-state index in [2.05, 4.69) is 15.6 Å². The van der Waals surface area contributed by atoms with Crippen molar-refractivity contribution in [2.24, 2.45) is 17.6 Å². The number of nitrogens with zero attached hydrogens (tertiary/aromatic N) is 1. The predicted octanol–water partition coefficient (Wildman–Crippen LogP) is 4.25. The lowest BCUT2D eigenvalue weighted by molar-refractivity contribution is -0.127. The molecule has 156 valence electrons. The number of amides is 1. The Morgan fingerprint density at radius 1 is 1.14 bits per heavy atom. The lowest BCUT2D eigenvalue weighted by Gasteiger charge is -2.37. The van der Waals surface area contributed by atoms with Crippen molar-refractivity contribution in [1.82, 2.24) is 10.3 Å². The number of carbonyl (C=O) groups excluding carboxylic acids is 1. The number of likely N-dealkylation sites (N-methyl/N-ethyl adjacent to an activating group) is 1. The van der Waals surface area contributed by atoms with Crippen molar-refractivity contribution in [3.05, 3.63) is 24.4 Å². The van der Waals surface area contributed by atoms with Crippen LogP contribution in [0.15, 0.2) is 24.4 Å². The van der Waals surface area contributed by atoms with E-state index in [9.17, 15) is 4.79 Å². The van der Waals surface area contributed by atoms with Crippen LogP contribution < -0.4 is 16.4 Å². The van der Waals surface area contributed by atoms with E-state index in [1.54, 1.807) is 7.05 Å². The van der Waals surface area contributed by atoms with E-state index in [0.717, 1.165) is 43.8 Å². The van der Waals surface area contributed by atoms with E-state index in [4.69, 9.17) is 5.73 Å². The zero-order chi connectivity index (χ0) is 19.8.